The molecule has 0 radical (unpaired) electrons. The summed E-state index contributed by atoms with van der Waals surface area (Å²) in [6.07, 6.45) is 1.96. The van der Waals surface area contributed by atoms with E-state index in [0.29, 0.717) is 17.7 Å². The zero-order valence-electron chi connectivity index (χ0n) is 11.8. The standard InChI is InChI=1S/C14H17FN2O3S/c1-9-8-12(15)13(16)10(2)14(9)21(18,19)17-6-5-11-4-3-7-20-11/h3-4,7-8,17H,5-6,16H2,1-2H3. The maximum absolute atomic E-state index is 13.5. The topological polar surface area (TPSA) is 85.3 Å². The fourth-order valence-corrected chi connectivity index (χ4v) is 3.69. The summed E-state index contributed by atoms with van der Waals surface area (Å²) in [6, 6.07) is 4.63. The first kappa shape index (κ1) is 15.5. The van der Waals surface area contributed by atoms with Gasteiger partial charge in [-0.05, 0) is 43.2 Å². The van der Waals surface area contributed by atoms with Gasteiger partial charge in [-0.3, -0.25) is 0 Å². The number of benzene rings is 1. The average Bonchev–Trinajstić information content (AvgIpc) is 2.88. The van der Waals surface area contributed by atoms with Crippen molar-refractivity contribution in [1.29, 1.82) is 0 Å². The second-order valence-electron chi connectivity index (χ2n) is 4.77. The lowest BCUT2D eigenvalue weighted by molar-refractivity contribution is 0.506. The third-order valence-electron chi connectivity index (χ3n) is 3.22. The van der Waals surface area contributed by atoms with Crippen molar-refractivity contribution in [3.05, 3.63) is 47.2 Å². The molecule has 3 N–H and O–H groups in total. The Kier molecular flexibility index (Phi) is 4.34. The van der Waals surface area contributed by atoms with Crippen LogP contribution in [0.5, 0.6) is 0 Å². The van der Waals surface area contributed by atoms with Gasteiger partial charge in [-0.1, -0.05) is 0 Å². The minimum Gasteiger partial charge on any atom is -0.469 e. The van der Waals surface area contributed by atoms with Crippen molar-refractivity contribution in [3.63, 3.8) is 0 Å². The third-order valence-corrected chi connectivity index (χ3v) is 4.97. The average molecular weight is 312 g/mol. The van der Waals surface area contributed by atoms with Crippen molar-refractivity contribution in [1.82, 2.24) is 4.72 Å². The van der Waals surface area contributed by atoms with Gasteiger partial charge >= 0.3 is 0 Å². The summed E-state index contributed by atoms with van der Waals surface area (Å²) in [5.41, 5.74) is 5.97. The van der Waals surface area contributed by atoms with Gasteiger partial charge in [0.15, 0.2) is 0 Å². The van der Waals surface area contributed by atoms with Crippen LogP contribution >= 0.6 is 0 Å². The maximum atomic E-state index is 13.5. The fourth-order valence-electron chi connectivity index (χ4n) is 2.18. The van der Waals surface area contributed by atoms with Crippen LogP contribution in [-0.2, 0) is 16.4 Å². The van der Waals surface area contributed by atoms with Crippen LogP contribution in [-0.4, -0.2) is 15.0 Å². The highest BCUT2D eigenvalue weighted by Crippen LogP contribution is 2.27. The number of sulfonamides is 1. The number of aryl methyl sites for hydroxylation is 1. The van der Waals surface area contributed by atoms with Gasteiger partial charge in [-0.15, -0.1) is 0 Å². The molecule has 1 aromatic carbocycles. The van der Waals surface area contributed by atoms with Crippen LogP contribution in [0.3, 0.4) is 0 Å². The largest absolute Gasteiger partial charge is 0.469 e. The zero-order valence-corrected chi connectivity index (χ0v) is 12.6. The van der Waals surface area contributed by atoms with Crippen LogP contribution in [0.2, 0.25) is 0 Å². The molecule has 2 aromatic rings. The maximum Gasteiger partial charge on any atom is 0.241 e. The molecule has 0 saturated carbocycles. The molecule has 114 valence electrons. The molecule has 0 aliphatic heterocycles. The summed E-state index contributed by atoms with van der Waals surface area (Å²) in [7, 11) is -3.75. The predicted octanol–water partition coefficient (Wildman–Crippen LogP) is 2.14. The number of rotatable bonds is 5. The van der Waals surface area contributed by atoms with Crippen LogP contribution in [0.25, 0.3) is 0 Å². The van der Waals surface area contributed by atoms with Crippen LogP contribution in [0.1, 0.15) is 16.9 Å². The number of nitrogens with one attached hydrogen (secondary N) is 1. The van der Waals surface area contributed by atoms with E-state index in [9.17, 15) is 12.8 Å². The van der Waals surface area contributed by atoms with Gasteiger partial charge in [0.25, 0.3) is 0 Å². The first-order chi connectivity index (χ1) is 9.83. The number of hydrogen-bond acceptors (Lipinski definition) is 4. The highest BCUT2D eigenvalue weighted by atomic mass is 32.2. The first-order valence-corrected chi connectivity index (χ1v) is 7.88. The quantitative estimate of drug-likeness (QED) is 0.828. The van der Waals surface area contributed by atoms with Gasteiger partial charge < -0.3 is 10.2 Å². The van der Waals surface area contributed by atoms with E-state index in [0.717, 1.165) is 6.07 Å². The summed E-state index contributed by atoms with van der Waals surface area (Å²) in [5, 5.41) is 0. The molecule has 7 heteroatoms. The lowest BCUT2D eigenvalue weighted by atomic mass is 10.1. The van der Waals surface area contributed by atoms with Gasteiger partial charge in [-0.2, -0.15) is 0 Å². The molecule has 21 heavy (non-hydrogen) atoms. The molecule has 0 spiro atoms. The smallest absolute Gasteiger partial charge is 0.241 e. The van der Waals surface area contributed by atoms with Crippen molar-refractivity contribution in [2.24, 2.45) is 0 Å². The van der Waals surface area contributed by atoms with Crippen LogP contribution < -0.4 is 10.5 Å². The SMILES string of the molecule is Cc1cc(F)c(N)c(C)c1S(=O)(=O)NCCc1ccco1. The van der Waals surface area contributed by atoms with Crippen molar-refractivity contribution < 1.29 is 17.2 Å². The molecule has 0 amide bonds. The molecule has 0 aliphatic rings. The number of anilines is 1. The molecule has 0 atom stereocenters. The van der Waals surface area contributed by atoms with Gasteiger partial charge in [0.05, 0.1) is 16.8 Å². The Morgan fingerprint density at radius 3 is 2.71 bits per heavy atom. The molecular weight excluding hydrogens is 295 g/mol. The molecule has 2 rings (SSSR count). The Morgan fingerprint density at radius 1 is 1.38 bits per heavy atom. The van der Waals surface area contributed by atoms with E-state index >= 15 is 0 Å². The normalized spacial score (nSPS) is 11.8. The van der Waals surface area contributed by atoms with E-state index in [1.54, 1.807) is 12.1 Å². The monoisotopic (exact) mass is 312 g/mol. The van der Waals surface area contributed by atoms with Crippen molar-refractivity contribution >= 4 is 15.7 Å². The minimum atomic E-state index is -3.75. The Balaban J connectivity index is 2.22. The fraction of sp³-hybridized carbons (Fsp3) is 0.286. The van der Waals surface area contributed by atoms with E-state index in [-0.39, 0.29) is 22.7 Å². The molecule has 0 bridgehead atoms. The van der Waals surface area contributed by atoms with Gasteiger partial charge in [0, 0.05) is 13.0 Å². The number of nitrogens with two attached hydrogens (primary N) is 1. The second kappa shape index (κ2) is 5.87. The van der Waals surface area contributed by atoms with Crippen LogP contribution in [0.15, 0.2) is 33.8 Å². The van der Waals surface area contributed by atoms with E-state index in [1.165, 1.54) is 20.1 Å². The van der Waals surface area contributed by atoms with E-state index < -0.39 is 15.8 Å². The molecule has 5 nitrogen and oxygen atoms in total. The molecule has 1 heterocycles. The molecule has 0 aliphatic carbocycles. The summed E-state index contributed by atoms with van der Waals surface area (Å²) >= 11 is 0. The number of hydrogen-bond donors (Lipinski definition) is 2. The molecule has 0 fully saturated rings. The summed E-state index contributed by atoms with van der Waals surface area (Å²) in [4.78, 5) is 0.0286. The molecular formula is C14H17FN2O3S. The number of halogens is 1. The third kappa shape index (κ3) is 3.25. The Hall–Kier alpha value is -1.86. The Bertz CT molecular complexity index is 740. The van der Waals surface area contributed by atoms with Crippen LogP contribution in [0.4, 0.5) is 10.1 Å². The minimum absolute atomic E-state index is 0.0286. The summed E-state index contributed by atoms with van der Waals surface area (Å²) < 4.78 is 45.8. The molecule has 0 saturated heterocycles. The summed E-state index contributed by atoms with van der Waals surface area (Å²) in [6.45, 7) is 3.22. The van der Waals surface area contributed by atoms with Crippen LogP contribution in [0, 0.1) is 19.7 Å². The first-order valence-electron chi connectivity index (χ1n) is 6.40. The van der Waals surface area contributed by atoms with E-state index in [2.05, 4.69) is 4.72 Å². The van der Waals surface area contributed by atoms with Crippen molar-refractivity contribution in [2.45, 2.75) is 25.2 Å². The lowest BCUT2D eigenvalue weighted by Crippen LogP contribution is -2.27. The summed E-state index contributed by atoms with van der Waals surface area (Å²) in [5.74, 6) is 0.0734. The highest BCUT2D eigenvalue weighted by molar-refractivity contribution is 7.89. The number of nitrogen functional groups attached to an aromatic ring is 1. The molecule has 0 unspecified atom stereocenters. The molecule has 1 aromatic heterocycles. The van der Waals surface area contributed by atoms with Crippen molar-refractivity contribution in [2.75, 3.05) is 12.3 Å². The Labute approximate surface area is 123 Å². The zero-order chi connectivity index (χ0) is 15.6. The predicted molar refractivity (Wildman–Crippen MR) is 77.9 cm³/mol. The van der Waals surface area contributed by atoms with E-state index in [1.807, 2.05) is 0 Å². The second-order valence-corrected chi connectivity index (χ2v) is 6.47. The Morgan fingerprint density at radius 2 is 2.10 bits per heavy atom. The van der Waals surface area contributed by atoms with Crippen molar-refractivity contribution in [3.8, 4) is 0 Å². The highest BCUT2D eigenvalue weighted by Gasteiger charge is 2.22. The van der Waals surface area contributed by atoms with Gasteiger partial charge in [0.1, 0.15) is 11.6 Å². The van der Waals surface area contributed by atoms with Gasteiger partial charge in [0.2, 0.25) is 10.0 Å². The van der Waals surface area contributed by atoms with E-state index in [4.69, 9.17) is 10.2 Å². The van der Waals surface area contributed by atoms with Gasteiger partial charge in [-0.25, -0.2) is 17.5 Å². The number of furan rings is 1. The lowest BCUT2D eigenvalue weighted by Gasteiger charge is -2.14.